The molecule has 1 N–H and O–H groups in total. The molecule has 2 aromatic heterocycles. The second kappa shape index (κ2) is 5.36. The molecule has 8 heteroatoms. The fourth-order valence-corrected chi connectivity index (χ4v) is 2.80. The largest absolute Gasteiger partial charge is 0.332 e. The number of nitrogens with zero attached hydrogens (tertiary/aromatic N) is 5. The first kappa shape index (κ1) is 15.5. The molecule has 0 unspecified atom stereocenters. The lowest BCUT2D eigenvalue weighted by Gasteiger charge is -2.21. The summed E-state index contributed by atoms with van der Waals surface area (Å²) in [4.78, 5) is 29.8. The van der Waals surface area contributed by atoms with E-state index >= 15 is 0 Å². The highest BCUT2D eigenvalue weighted by atomic mass is 16.2. The molecule has 3 heterocycles. The third kappa shape index (κ3) is 2.29. The topological polar surface area (TPSA) is 86.2 Å². The van der Waals surface area contributed by atoms with Crippen LogP contribution < -0.4 is 16.7 Å². The van der Waals surface area contributed by atoms with Crippen molar-refractivity contribution < 1.29 is 0 Å². The van der Waals surface area contributed by atoms with Crippen molar-refractivity contribution in [1.29, 1.82) is 0 Å². The van der Waals surface area contributed by atoms with Crippen LogP contribution in [-0.4, -0.2) is 24.4 Å². The van der Waals surface area contributed by atoms with Crippen molar-refractivity contribution in [2.24, 2.45) is 18.1 Å². The number of imidazole rings is 1. The van der Waals surface area contributed by atoms with Crippen molar-refractivity contribution in [3.8, 4) is 0 Å². The van der Waals surface area contributed by atoms with Gasteiger partial charge in [-0.05, 0) is 26.2 Å². The predicted octanol–water partition coefficient (Wildman–Crippen LogP) is 1.31. The van der Waals surface area contributed by atoms with Gasteiger partial charge in [0.2, 0.25) is 5.95 Å². The molecule has 0 bridgehead atoms. The molecule has 0 amide bonds. The molecular formula is C15H22N6O2. The normalized spacial score (nSPS) is 17.3. The average Bonchev–Trinajstić information content (AvgIpc) is 2.89. The Labute approximate surface area is 133 Å². The Kier molecular flexibility index (Phi) is 3.62. The van der Waals surface area contributed by atoms with Crippen LogP contribution in [0.3, 0.4) is 0 Å². The Morgan fingerprint density at radius 1 is 1.30 bits per heavy atom. The first-order chi connectivity index (χ1) is 10.8. The number of aryl methyl sites for hydroxylation is 1. The van der Waals surface area contributed by atoms with Crippen LogP contribution in [0.2, 0.25) is 0 Å². The van der Waals surface area contributed by atoms with Crippen LogP contribution >= 0.6 is 0 Å². The molecule has 23 heavy (non-hydrogen) atoms. The van der Waals surface area contributed by atoms with Crippen LogP contribution in [0.1, 0.15) is 40.2 Å². The molecule has 0 saturated heterocycles. The van der Waals surface area contributed by atoms with Crippen LogP contribution in [-0.2, 0) is 13.6 Å². The SMILES string of the molecule is CC1=NNc2nc3c(c(=O)n(CCC(C)C)c(=O)n3C)n2[C@@H]1C. The summed E-state index contributed by atoms with van der Waals surface area (Å²) in [6, 6.07) is -0.0833. The summed E-state index contributed by atoms with van der Waals surface area (Å²) < 4.78 is 4.57. The number of anilines is 1. The smallest absolute Gasteiger partial charge is 0.294 e. The number of aromatic nitrogens is 4. The Bertz CT molecular complexity index is 915. The quantitative estimate of drug-likeness (QED) is 0.924. The Morgan fingerprint density at radius 3 is 2.65 bits per heavy atom. The molecule has 0 aromatic carbocycles. The molecule has 0 radical (unpaired) electrons. The minimum atomic E-state index is -0.330. The van der Waals surface area contributed by atoms with Gasteiger partial charge in [0.05, 0.1) is 11.8 Å². The van der Waals surface area contributed by atoms with Crippen LogP contribution in [0.4, 0.5) is 5.95 Å². The zero-order valence-electron chi connectivity index (χ0n) is 14.1. The van der Waals surface area contributed by atoms with Crippen molar-refractivity contribution in [3.63, 3.8) is 0 Å². The van der Waals surface area contributed by atoms with Crippen LogP contribution in [0, 0.1) is 5.92 Å². The third-order valence-electron chi connectivity index (χ3n) is 4.43. The van der Waals surface area contributed by atoms with E-state index in [0.717, 1.165) is 12.1 Å². The lowest BCUT2D eigenvalue weighted by Crippen LogP contribution is -2.40. The highest BCUT2D eigenvalue weighted by Crippen LogP contribution is 2.25. The summed E-state index contributed by atoms with van der Waals surface area (Å²) in [7, 11) is 1.65. The second-order valence-electron chi connectivity index (χ2n) is 6.50. The predicted molar refractivity (Wildman–Crippen MR) is 90.1 cm³/mol. The highest BCUT2D eigenvalue weighted by Gasteiger charge is 2.26. The summed E-state index contributed by atoms with van der Waals surface area (Å²) in [5.74, 6) is 0.906. The van der Waals surface area contributed by atoms with Crippen molar-refractivity contribution in [2.45, 2.75) is 46.7 Å². The maximum absolute atomic E-state index is 12.9. The van der Waals surface area contributed by atoms with Crippen molar-refractivity contribution in [3.05, 3.63) is 20.8 Å². The minimum Gasteiger partial charge on any atom is -0.294 e. The lowest BCUT2D eigenvalue weighted by atomic mass is 10.1. The van der Waals surface area contributed by atoms with E-state index < -0.39 is 0 Å². The van der Waals surface area contributed by atoms with Gasteiger partial charge in [-0.1, -0.05) is 13.8 Å². The summed E-state index contributed by atoms with van der Waals surface area (Å²) in [5.41, 5.74) is 3.93. The maximum Gasteiger partial charge on any atom is 0.332 e. The van der Waals surface area contributed by atoms with E-state index in [0.29, 0.717) is 29.6 Å². The maximum atomic E-state index is 12.9. The number of nitrogens with one attached hydrogen (secondary N) is 1. The van der Waals surface area contributed by atoms with Gasteiger partial charge in [0, 0.05) is 13.6 Å². The molecular weight excluding hydrogens is 296 g/mol. The van der Waals surface area contributed by atoms with Gasteiger partial charge >= 0.3 is 5.69 Å². The van der Waals surface area contributed by atoms with E-state index in [2.05, 4.69) is 29.4 Å². The molecule has 1 aliphatic rings. The van der Waals surface area contributed by atoms with E-state index in [4.69, 9.17) is 0 Å². The molecule has 0 aliphatic carbocycles. The molecule has 0 spiro atoms. The van der Waals surface area contributed by atoms with E-state index in [1.807, 2.05) is 18.4 Å². The zero-order chi connectivity index (χ0) is 16.9. The van der Waals surface area contributed by atoms with Gasteiger partial charge in [-0.3, -0.25) is 18.5 Å². The fraction of sp³-hybridized carbons (Fsp3) is 0.600. The van der Waals surface area contributed by atoms with Crippen molar-refractivity contribution in [1.82, 2.24) is 18.7 Å². The van der Waals surface area contributed by atoms with Crippen LogP contribution in [0.25, 0.3) is 11.2 Å². The Morgan fingerprint density at radius 2 is 2.00 bits per heavy atom. The van der Waals surface area contributed by atoms with E-state index in [1.54, 1.807) is 7.05 Å². The number of hydrazone groups is 1. The van der Waals surface area contributed by atoms with Crippen LogP contribution in [0.5, 0.6) is 0 Å². The fourth-order valence-electron chi connectivity index (χ4n) is 2.80. The molecule has 1 atom stereocenters. The molecule has 3 rings (SSSR count). The molecule has 8 nitrogen and oxygen atoms in total. The van der Waals surface area contributed by atoms with Crippen molar-refractivity contribution >= 4 is 22.8 Å². The second-order valence-corrected chi connectivity index (χ2v) is 6.50. The van der Waals surface area contributed by atoms with Gasteiger partial charge < -0.3 is 0 Å². The molecule has 0 saturated carbocycles. The van der Waals surface area contributed by atoms with Gasteiger partial charge in [-0.15, -0.1) is 0 Å². The molecule has 124 valence electrons. The number of hydrogen-bond acceptors (Lipinski definition) is 5. The molecule has 2 aromatic rings. The van der Waals surface area contributed by atoms with Gasteiger partial charge in [-0.2, -0.15) is 10.1 Å². The number of rotatable bonds is 3. The van der Waals surface area contributed by atoms with E-state index in [1.165, 1.54) is 9.13 Å². The number of hydrogen-bond donors (Lipinski definition) is 1. The van der Waals surface area contributed by atoms with Crippen molar-refractivity contribution in [2.75, 3.05) is 5.43 Å². The van der Waals surface area contributed by atoms with E-state index in [-0.39, 0.29) is 17.3 Å². The molecule has 1 aliphatic heterocycles. The van der Waals surface area contributed by atoms with Crippen LogP contribution in [0.15, 0.2) is 14.7 Å². The van der Waals surface area contributed by atoms with Gasteiger partial charge in [-0.25, -0.2) is 10.2 Å². The van der Waals surface area contributed by atoms with Gasteiger partial charge in [0.15, 0.2) is 11.2 Å². The minimum absolute atomic E-state index is 0.0833. The Balaban J connectivity index is 2.30. The summed E-state index contributed by atoms with van der Waals surface area (Å²) in [6.45, 7) is 8.41. The average molecular weight is 318 g/mol. The summed E-state index contributed by atoms with van der Waals surface area (Å²) in [6.07, 6.45) is 0.774. The van der Waals surface area contributed by atoms with E-state index in [9.17, 15) is 9.59 Å². The molecule has 0 fully saturated rings. The third-order valence-corrected chi connectivity index (χ3v) is 4.43. The number of fused-ring (bicyclic) bond motifs is 3. The zero-order valence-corrected chi connectivity index (χ0v) is 14.1. The monoisotopic (exact) mass is 318 g/mol. The highest BCUT2D eigenvalue weighted by molar-refractivity contribution is 5.90. The summed E-state index contributed by atoms with van der Waals surface area (Å²) in [5, 5.41) is 4.20. The first-order valence-corrected chi connectivity index (χ1v) is 7.84. The first-order valence-electron chi connectivity index (χ1n) is 7.84. The van der Waals surface area contributed by atoms with Gasteiger partial charge in [0.1, 0.15) is 0 Å². The standard InChI is InChI=1S/C15H22N6O2/c1-8(2)6-7-20-13(22)11-12(19(5)15(20)23)16-14-18-17-9(3)10(4)21(11)14/h8,10H,6-7H2,1-5H3,(H,16,18)/t10-/m1/s1. The summed E-state index contributed by atoms with van der Waals surface area (Å²) >= 11 is 0. The Hall–Kier alpha value is -2.38. The lowest BCUT2D eigenvalue weighted by molar-refractivity contribution is 0.487. The van der Waals surface area contributed by atoms with Gasteiger partial charge in [0.25, 0.3) is 5.56 Å².